The quantitative estimate of drug-likeness (QED) is 0.467. The van der Waals surface area contributed by atoms with Crippen molar-refractivity contribution in [2.75, 3.05) is 5.73 Å². The van der Waals surface area contributed by atoms with Crippen molar-refractivity contribution in [2.45, 2.75) is 13.0 Å². The fourth-order valence-electron chi connectivity index (χ4n) is 2.06. The summed E-state index contributed by atoms with van der Waals surface area (Å²) in [5.74, 6) is -0.649. The van der Waals surface area contributed by atoms with Crippen molar-refractivity contribution in [3.8, 4) is 0 Å². The lowest BCUT2D eigenvalue weighted by atomic mass is 10.1. The fraction of sp³-hybridized carbons (Fsp3) is 0.111. The van der Waals surface area contributed by atoms with Crippen LogP contribution < -0.4 is 5.73 Å². The Morgan fingerprint density at radius 2 is 1.96 bits per heavy atom. The highest BCUT2D eigenvalue weighted by Crippen LogP contribution is 2.23. The molecule has 0 spiro atoms. The maximum Gasteiger partial charge on any atom is 0.433 e. The van der Waals surface area contributed by atoms with Crippen molar-refractivity contribution >= 4 is 40.7 Å². The third kappa shape index (κ3) is 5.38. The molecular formula is C18H17N3O6. The number of anilines is 1. The average molecular weight is 371 g/mol. The Labute approximate surface area is 153 Å². The van der Waals surface area contributed by atoms with Gasteiger partial charge in [0.2, 0.25) is 0 Å². The molecule has 0 aliphatic heterocycles. The summed E-state index contributed by atoms with van der Waals surface area (Å²) in [5, 5.41) is 27.3. The summed E-state index contributed by atoms with van der Waals surface area (Å²) < 4.78 is 5.08. The van der Waals surface area contributed by atoms with Crippen LogP contribution in [0.5, 0.6) is 0 Å². The molecule has 0 aliphatic rings. The Kier molecular flexibility index (Phi) is 6.23. The van der Waals surface area contributed by atoms with E-state index in [4.69, 9.17) is 20.4 Å². The molecule has 2 heterocycles. The second kappa shape index (κ2) is 8.59. The molecule has 2 aromatic heterocycles. The van der Waals surface area contributed by atoms with Gasteiger partial charge >= 0.3 is 11.9 Å². The van der Waals surface area contributed by atoms with Gasteiger partial charge < -0.3 is 20.4 Å². The number of nitrogens with zero attached hydrogens (tertiary/aromatic N) is 2. The first-order chi connectivity index (χ1) is 12.8. The van der Waals surface area contributed by atoms with Crippen LogP contribution in [0.2, 0.25) is 0 Å². The van der Waals surface area contributed by atoms with Gasteiger partial charge in [0.05, 0.1) is 11.6 Å². The number of carboxylic acids is 1. The van der Waals surface area contributed by atoms with Gasteiger partial charge in [0.1, 0.15) is 22.6 Å². The first-order valence-corrected chi connectivity index (χ1v) is 7.76. The van der Waals surface area contributed by atoms with Gasteiger partial charge in [-0.1, -0.05) is 24.3 Å². The monoisotopic (exact) mass is 371 g/mol. The Balaban J connectivity index is 0.000000380. The van der Waals surface area contributed by atoms with Crippen LogP contribution in [0.15, 0.2) is 46.9 Å². The summed E-state index contributed by atoms with van der Waals surface area (Å²) >= 11 is 0. The number of rotatable bonds is 4. The van der Waals surface area contributed by atoms with E-state index in [0.717, 1.165) is 16.5 Å². The molecule has 27 heavy (non-hydrogen) atoms. The number of nitrogens with two attached hydrogens (primary N) is 1. The predicted molar refractivity (Wildman–Crippen MR) is 99.8 cm³/mol. The number of hydrogen-bond acceptors (Lipinski definition) is 7. The number of aliphatic carboxylic acids is 1. The van der Waals surface area contributed by atoms with Gasteiger partial charge in [-0.25, -0.2) is 9.78 Å². The van der Waals surface area contributed by atoms with E-state index in [-0.39, 0.29) is 5.88 Å². The maximum atomic E-state index is 10.6. The number of aromatic nitrogens is 1. The fourth-order valence-corrected chi connectivity index (χ4v) is 2.06. The molecule has 3 rings (SSSR count). The van der Waals surface area contributed by atoms with Crippen molar-refractivity contribution in [1.29, 1.82) is 0 Å². The molecule has 140 valence electrons. The number of aliphatic hydroxyl groups is 1. The van der Waals surface area contributed by atoms with Crippen LogP contribution in [0.4, 0.5) is 11.7 Å². The molecule has 0 aliphatic carbocycles. The molecule has 1 atom stereocenters. The number of carboxylic acid groups (broad SMARTS) is 1. The number of para-hydroxylation sites is 1. The minimum Gasteiger partial charge on any atom is -0.479 e. The number of benzene rings is 1. The molecule has 3 aromatic rings. The number of carbonyl (C=O) groups is 1. The lowest BCUT2D eigenvalue weighted by Crippen LogP contribution is -2.13. The highest BCUT2D eigenvalue weighted by atomic mass is 16.6. The van der Waals surface area contributed by atoms with E-state index < -0.39 is 17.0 Å². The maximum absolute atomic E-state index is 10.6. The summed E-state index contributed by atoms with van der Waals surface area (Å²) in [6.45, 7) is 1.20. The number of pyridine rings is 1. The summed E-state index contributed by atoms with van der Waals surface area (Å²) in [5.41, 5.74) is 7.45. The third-order valence-electron chi connectivity index (χ3n) is 3.35. The SMILES string of the molecule is CC(O)C(=O)O.Nc1cc(C=Cc2ccc([N+](=O)[O-])o2)c2ccccc2n1. The third-order valence-corrected chi connectivity index (χ3v) is 3.35. The molecule has 0 saturated carbocycles. The number of nitrogen functional groups attached to an aromatic ring is 1. The van der Waals surface area contributed by atoms with Crippen LogP contribution in [0.25, 0.3) is 23.1 Å². The van der Waals surface area contributed by atoms with Crippen molar-refractivity contribution in [1.82, 2.24) is 4.98 Å². The van der Waals surface area contributed by atoms with Crippen LogP contribution in [0.1, 0.15) is 18.2 Å². The number of furan rings is 1. The van der Waals surface area contributed by atoms with E-state index in [0.29, 0.717) is 11.6 Å². The lowest BCUT2D eigenvalue weighted by Gasteiger charge is -2.03. The van der Waals surface area contributed by atoms with Crippen molar-refractivity contribution in [2.24, 2.45) is 0 Å². The number of aliphatic hydroxyl groups excluding tert-OH is 1. The zero-order chi connectivity index (χ0) is 20.0. The topological polar surface area (TPSA) is 153 Å². The Hall–Kier alpha value is -3.72. The van der Waals surface area contributed by atoms with E-state index in [1.165, 1.54) is 13.0 Å². The van der Waals surface area contributed by atoms with Crippen molar-refractivity contribution in [3.63, 3.8) is 0 Å². The van der Waals surface area contributed by atoms with E-state index in [1.807, 2.05) is 24.3 Å². The first-order valence-electron chi connectivity index (χ1n) is 7.76. The normalized spacial score (nSPS) is 11.8. The molecular weight excluding hydrogens is 354 g/mol. The molecule has 0 radical (unpaired) electrons. The number of fused-ring (bicyclic) bond motifs is 1. The average Bonchev–Trinajstić information content (AvgIpc) is 3.09. The molecule has 1 aromatic carbocycles. The van der Waals surface area contributed by atoms with E-state index >= 15 is 0 Å². The second-order valence-corrected chi connectivity index (χ2v) is 5.43. The van der Waals surface area contributed by atoms with Crippen molar-refractivity contribution in [3.05, 3.63) is 63.9 Å². The van der Waals surface area contributed by atoms with E-state index in [1.54, 1.807) is 24.3 Å². The molecule has 0 amide bonds. The molecule has 9 heteroatoms. The summed E-state index contributed by atoms with van der Waals surface area (Å²) in [7, 11) is 0. The number of nitro groups is 1. The first kappa shape index (κ1) is 19.6. The van der Waals surface area contributed by atoms with Crippen LogP contribution in [0, 0.1) is 10.1 Å². The van der Waals surface area contributed by atoms with Gasteiger partial charge in [-0.3, -0.25) is 10.1 Å². The highest BCUT2D eigenvalue weighted by Gasteiger charge is 2.10. The summed E-state index contributed by atoms with van der Waals surface area (Å²) in [6.07, 6.45) is 2.22. The number of hydrogen-bond donors (Lipinski definition) is 3. The Bertz CT molecular complexity index is 994. The van der Waals surface area contributed by atoms with Gasteiger partial charge in [-0.05, 0) is 36.8 Å². The van der Waals surface area contributed by atoms with E-state index in [2.05, 4.69) is 4.98 Å². The second-order valence-electron chi connectivity index (χ2n) is 5.43. The molecule has 0 fully saturated rings. The van der Waals surface area contributed by atoms with Crippen LogP contribution in [-0.4, -0.2) is 32.2 Å². The van der Waals surface area contributed by atoms with E-state index in [9.17, 15) is 14.9 Å². The molecule has 4 N–H and O–H groups in total. The van der Waals surface area contributed by atoms with Gasteiger partial charge in [0.25, 0.3) is 0 Å². The Morgan fingerprint density at radius 1 is 1.30 bits per heavy atom. The zero-order valence-electron chi connectivity index (χ0n) is 14.3. The minimum atomic E-state index is -1.23. The minimum absolute atomic E-state index is 0.284. The molecule has 1 unspecified atom stereocenters. The van der Waals surface area contributed by atoms with Gasteiger partial charge in [-0.2, -0.15) is 0 Å². The van der Waals surface area contributed by atoms with Crippen LogP contribution >= 0.6 is 0 Å². The van der Waals surface area contributed by atoms with Gasteiger partial charge in [-0.15, -0.1) is 0 Å². The standard InChI is InChI=1S/C15H11N3O3.C3H6O3/c16-14-9-10(12-3-1-2-4-13(12)17-14)5-6-11-7-8-15(21-11)18(19)20;1-2(4)3(5)6/h1-9H,(H2,16,17);2,4H,1H3,(H,5,6). The highest BCUT2D eigenvalue weighted by molar-refractivity contribution is 5.91. The zero-order valence-corrected chi connectivity index (χ0v) is 14.3. The largest absolute Gasteiger partial charge is 0.479 e. The summed E-state index contributed by atoms with van der Waals surface area (Å²) in [4.78, 5) is 23.7. The lowest BCUT2D eigenvalue weighted by molar-refractivity contribution is -0.402. The smallest absolute Gasteiger partial charge is 0.433 e. The van der Waals surface area contributed by atoms with Crippen molar-refractivity contribution < 1.29 is 24.3 Å². The molecule has 9 nitrogen and oxygen atoms in total. The molecule has 0 bridgehead atoms. The van der Waals surface area contributed by atoms with Gasteiger partial charge in [0.15, 0.2) is 0 Å². The van der Waals surface area contributed by atoms with Crippen LogP contribution in [-0.2, 0) is 4.79 Å². The summed E-state index contributed by atoms with van der Waals surface area (Å²) in [6, 6.07) is 12.2. The predicted octanol–water partition coefficient (Wildman–Crippen LogP) is 2.94. The Morgan fingerprint density at radius 3 is 2.56 bits per heavy atom. The van der Waals surface area contributed by atoms with Crippen LogP contribution in [0.3, 0.4) is 0 Å². The molecule has 0 saturated heterocycles. The van der Waals surface area contributed by atoms with Gasteiger partial charge in [0, 0.05) is 5.39 Å².